The number of hydrogen-bond acceptors (Lipinski definition) is 4. The van der Waals surface area contributed by atoms with Crippen molar-refractivity contribution in [2.45, 2.75) is 58.5 Å². The number of halogens is 3. The molecule has 0 unspecified atom stereocenters. The van der Waals surface area contributed by atoms with Crippen molar-refractivity contribution in [2.75, 3.05) is 13.1 Å². The molecule has 0 bridgehead atoms. The molecule has 0 atom stereocenters. The maximum atomic E-state index is 13.4. The molecule has 0 spiro atoms. The molecule has 0 aromatic carbocycles. The first-order valence-corrected chi connectivity index (χ1v) is 8.85. The van der Waals surface area contributed by atoms with Crippen LogP contribution in [0, 0.1) is 0 Å². The second-order valence-corrected chi connectivity index (χ2v) is 7.89. The van der Waals surface area contributed by atoms with Crippen LogP contribution >= 0.6 is 0 Å². The number of nitrogens with one attached hydrogen (secondary N) is 1. The Hall–Kier alpha value is -2.52. The van der Waals surface area contributed by atoms with Crippen LogP contribution in [0.25, 0.3) is 6.08 Å². The Morgan fingerprint density at radius 2 is 1.86 bits per heavy atom. The summed E-state index contributed by atoms with van der Waals surface area (Å²) >= 11 is 0. The Labute approximate surface area is 161 Å². The highest BCUT2D eigenvalue weighted by molar-refractivity contribution is 5.95. The minimum absolute atomic E-state index is 0.0311. The Morgan fingerprint density at radius 3 is 2.29 bits per heavy atom. The summed E-state index contributed by atoms with van der Waals surface area (Å²) in [7, 11) is 0. The van der Waals surface area contributed by atoms with E-state index in [9.17, 15) is 22.8 Å². The van der Waals surface area contributed by atoms with E-state index in [4.69, 9.17) is 4.74 Å². The zero-order valence-electron chi connectivity index (χ0n) is 16.6. The number of imidazole rings is 1. The van der Waals surface area contributed by atoms with Gasteiger partial charge >= 0.3 is 12.3 Å². The molecule has 1 aliphatic rings. The molecule has 28 heavy (non-hydrogen) atoms. The van der Waals surface area contributed by atoms with Gasteiger partial charge in [-0.25, -0.2) is 9.78 Å². The average molecular weight is 402 g/mol. The summed E-state index contributed by atoms with van der Waals surface area (Å²) in [6, 6.07) is -0.902. The summed E-state index contributed by atoms with van der Waals surface area (Å²) in [6.45, 7) is 12.3. The molecule has 1 aromatic rings. The lowest BCUT2D eigenvalue weighted by molar-refractivity contribution is -0.141. The van der Waals surface area contributed by atoms with Crippen molar-refractivity contribution < 1.29 is 27.5 Å². The number of alkyl halides is 3. The number of aromatic nitrogens is 2. The molecule has 10 heteroatoms. The third kappa shape index (κ3) is 4.66. The molecule has 1 aromatic heterocycles. The van der Waals surface area contributed by atoms with Gasteiger partial charge in [0.1, 0.15) is 17.1 Å². The highest BCUT2D eigenvalue weighted by Crippen LogP contribution is 2.33. The number of carbonyl (C=O) groups excluding carboxylic acids is 2. The van der Waals surface area contributed by atoms with Crippen LogP contribution in [-0.2, 0) is 10.9 Å². The molecule has 0 saturated carbocycles. The highest BCUT2D eigenvalue weighted by Gasteiger charge is 2.42. The Morgan fingerprint density at radius 1 is 1.29 bits per heavy atom. The van der Waals surface area contributed by atoms with Crippen LogP contribution in [0.4, 0.5) is 18.0 Å². The largest absolute Gasteiger partial charge is 0.444 e. The third-order valence-corrected chi connectivity index (χ3v) is 3.99. The van der Waals surface area contributed by atoms with Gasteiger partial charge in [-0.05, 0) is 40.7 Å². The second-order valence-electron chi connectivity index (χ2n) is 7.89. The van der Waals surface area contributed by atoms with Crippen molar-refractivity contribution in [3.63, 3.8) is 0 Å². The van der Waals surface area contributed by atoms with Crippen molar-refractivity contribution in [1.29, 1.82) is 0 Å². The van der Waals surface area contributed by atoms with Crippen LogP contribution in [-0.4, -0.2) is 51.2 Å². The van der Waals surface area contributed by atoms with Crippen molar-refractivity contribution >= 4 is 18.1 Å². The molecule has 1 saturated heterocycles. The summed E-state index contributed by atoms with van der Waals surface area (Å²) in [4.78, 5) is 29.5. The summed E-state index contributed by atoms with van der Waals surface area (Å²) < 4.78 is 46.6. The lowest BCUT2D eigenvalue weighted by atomic mass is 10.1. The highest BCUT2D eigenvalue weighted by atomic mass is 19.4. The van der Waals surface area contributed by atoms with Crippen molar-refractivity contribution in [2.24, 2.45) is 0 Å². The minimum Gasteiger partial charge on any atom is -0.444 e. The first kappa shape index (κ1) is 21.8. The Balaban J connectivity index is 2.16. The number of ether oxygens (including phenoxy) is 1. The lowest BCUT2D eigenvalue weighted by Gasteiger charge is -2.40. The second kappa shape index (κ2) is 7.48. The normalized spacial score (nSPS) is 15.4. The predicted molar refractivity (Wildman–Crippen MR) is 96.8 cm³/mol. The van der Waals surface area contributed by atoms with Gasteiger partial charge in [0.25, 0.3) is 5.91 Å². The van der Waals surface area contributed by atoms with Crippen molar-refractivity contribution in [3.8, 4) is 0 Å². The summed E-state index contributed by atoms with van der Waals surface area (Å²) in [5.74, 6) is -0.924. The molecule has 7 nitrogen and oxygen atoms in total. The van der Waals surface area contributed by atoms with E-state index in [0.717, 1.165) is 0 Å². The van der Waals surface area contributed by atoms with Crippen LogP contribution in [0.1, 0.15) is 62.7 Å². The molecular formula is C18H25F3N4O3. The maximum Gasteiger partial charge on any atom is 0.435 e. The molecule has 0 aliphatic carbocycles. The topological polar surface area (TPSA) is 76.5 Å². The SMILES string of the molecule is C=Cc1nc(C(F)(F)F)c(C(=O)NC2CN(C(=O)OC(C)(C)C)C2)n1C(C)C. The summed E-state index contributed by atoms with van der Waals surface area (Å²) in [6.07, 6.45) is -4.14. The van der Waals surface area contributed by atoms with E-state index in [-0.39, 0.29) is 18.9 Å². The van der Waals surface area contributed by atoms with E-state index in [1.165, 1.54) is 15.5 Å². The zero-order chi connectivity index (χ0) is 21.4. The van der Waals surface area contributed by atoms with Crippen molar-refractivity contribution in [3.05, 3.63) is 23.8 Å². The Kier molecular flexibility index (Phi) is 5.82. The minimum atomic E-state index is -4.78. The monoisotopic (exact) mass is 402 g/mol. The fourth-order valence-corrected chi connectivity index (χ4v) is 2.83. The molecule has 1 aliphatic heterocycles. The fourth-order valence-electron chi connectivity index (χ4n) is 2.83. The van der Waals surface area contributed by atoms with E-state index in [2.05, 4.69) is 16.9 Å². The number of carbonyl (C=O) groups is 2. The van der Waals surface area contributed by atoms with E-state index < -0.39 is 47.2 Å². The average Bonchev–Trinajstić information content (AvgIpc) is 2.88. The first-order chi connectivity index (χ1) is 12.7. The van der Waals surface area contributed by atoms with Gasteiger partial charge in [-0.3, -0.25) is 4.79 Å². The van der Waals surface area contributed by atoms with Gasteiger partial charge < -0.3 is 19.5 Å². The number of rotatable bonds is 4. The molecule has 2 rings (SSSR count). The fraction of sp³-hybridized carbons (Fsp3) is 0.611. The third-order valence-electron chi connectivity index (χ3n) is 3.99. The lowest BCUT2D eigenvalue weighted by Crippen LogP contribution is -2.61. The molecule has 2 amide bonds. The molecule has 1 fully saturated rings. The van der Waals surface area contributed by atoms with Crippen LogP contribution < -0.4 is 5.32 Å². The first-order valence-electron chi connectivity index (χ1n) is 8.85. The van der Waals surface area contributed by atoms with Gasteiger partial charge in [0.2, 0.25) is 0 Å². The van der Waals surface area contributed by atoms with E-state index in [0.29, 0.717) is 0 Å². The van der Waals surface area contributed by atoms with Gasteiger partial charge in [0.15, 0.2) is 5.69 Å². The van der Waals surface area contributed by atoms with Gasteiger partial charge in [-0.15, -0.1) is 0 Å². The quantitative estimate of drug-likeness (QED) is 0.837. The van der Waals surface area contributed by atoms with Crippen LogP contribution in [0.5, 0.6) is 0 Å². The molecular weight excluding hydrogens is 377 g/mol. The van der Waals surface area contributed by atoms with Gasteiger partial charge in [0, 0.05) is 19.1 Å². The molecule has 156 valence electrons. The van der Waals surface area contributed by atoms with Crippen LogP contribution in [0.3, 0.4) is 0 Å². The predicted octanol–water partition coefficient (Wildman–Crippen LogP) is 3.47. The number of nitrogens with zero attached hydrogens (tertiary/aromatic N) is 3. The number of hydrogen-bond donors (Lipinski definition) is 1. The Bertz CT molecular complexity index is 772. The molecule has 0 radical (unpaired) electrons. The summed E-state index contributed by atoms with van der Waals surface area (Å²) in [5.41, 5.74) is -2.47. The number of amides is 2. The van der Waals surface area contributed by atoms with Gasteiger partial charge in [-0.2, -0.15) is 13.2 Å². The maximum absolute atomic E-state index is 13.4. The smallest absolute Gasteiger partial charge is 0.435 e. The molecule has 1 N–H and O–H groups in total. The summed E-state index contributed by atoms with van der Waals surface area (Å²) in [5, 5.41) is 2.54. The van der Waals surface area contributed by atoms with Gasteiger partial charge in [0.05, 0.1) is 6.04 Å². The van der Waals surface area contributed by atoms with E-state index in [1.807, 2.05) is 0 Å². The molecule has 2 heterocycles. The number of likely N-dealkylation sites (tertiary alicyclic amines) is 1. The zero-order valence-corrected chi connectivity index (χ0v) is 16.6. The van der Waals surface area contributed by atoms with Crippen LogP contribution in [0.2, 0.25) is 0 Å². The van der Waals surface area contributed by atoms with Crippen molar-refractivity contribution in [1.82, 2.24) is 19.8 Å². The van der Waals surface area contributed by atoms with Gasteiger partial charge in [-0.1, -0.05) is 6.58 Å². The van der Waals surface area contributed by atoms with Crippen LogP contribution in [0.15, 0.2) is 6.58 Å². The standard InChI is InChI=1S/C18H25F3N4O3/c1-7-12-23-14(18(19,20)21)13(25(12)10(2)3)15(26)22-11-8-24(9-11)16(27)28-17(4,5)6/h7,10-11H,1,8-9H2,2-6H3,(H,22,26). The van der Waals surface area contributed by atoms with E-state index >= 15 is 0 Å². The van der Waals surface area contributed by atoms with E-state index in [1.54, 1.807) is 34.6 Å².